The third-order valence-electron chi connectivity index (χ3n) is 5.91. The number of carbonyl (C=O) groups excluding carboxylic acids is 3. The van der Waals surface area contributed by atoms with Gasteiger partial charge in [-0.05, 0) is 87.5 Å². The molecule has 0 fully saturated rings. The van der Waals surface area contributed by atoms with E-state index in [2.05, 4.69) is 10.6 Å². The summed E-state index contributed by atoms with van der Waals surface area (Å²) in [7, 11) is 0. The van der Waals surface area contributed by atoms with Crippen LogP contribution in [0.25, 0.3) is 16.6 Å². The number of anilines is 2. The molecule has 37 heavy (non-hydrogen) atoms. The number of Topliss-reactive ketones (excluding diaryl/α,β-unsaturated/α-hetero) is 1. The number of hydrogen-bond acceptors (Lipinski definition) is 4. The van der Waals surface area contributed by atoms with E-state index in [4.69, 9.17) is 4.74 Å². The van der Waals surface area contributed by atoms with Gasteiger partial charge >= 0.3 is 6.09 Å². The minimum atomic E-state index is -0.666. The number of amides is 2. The molecule has 3 aromatic carbocycles. The second-order valence-electron chi connectivity index (χ2n) is 10.1. The van der Waals surface area contributed by atoms with Crippen molar-refractivity contribution >= 4 is 40.1 Å². The number of para-hydroxylation sites is 1. The summed E-state index contributed by atoms with van der Waals surface area (Å²) in [6.07, 6.45) is 0.992. The number of aryl methyl sites for hydroxylation is 2. The van der Waals surface area contributed by atoms with Gasteiger partial charge in [-0.2, -0.15) is 0 Å². The number of ether oxygens (including phenoxy) is 1. The molecule has 2 amide bonds. The number of fused-ring (bicyclic) bond motifs is 1. The first-order valence-corrected chi connectivity index (χ1v) is 12.1. The van der Waals surface area contributed by atoms with E-state index in [1.54, 1.807) is 51.1 Å². The van der Waals surface area contributed by atoms with Crippen LogP contribution in [0.15, 0.2) is 72.9 Å². The van der Waals surface area contributed by atoms with Crippen molar-refractivity contribution in [3.8, 4) is 5.69 Å². The molecule has 0 unspecified atom stereocenters. The van der Waals surface area contributed by atoms with Gasteiger partial charge in [0, 0.05) is 17.4 Å². The van der Waals surface area contributed by atoms with Gasteiger partial charge in [-0.1, -0.05) is 30.3 Å². The predicted octanol–water partition coefficient (Wildman–Crippen LogP) is 6.81. The van der Waals surface area contributed by atoms with Crippen LogP contribution in [0.3, 0.4) is 0 Å². The minimum absolute atomic E-state index is 0.304. The lowest BCUT2D eigenvalue weighted by Crippen LogP contribution is -2.27. The highest BCUT2D eigenvalue weighted by atomic mass is 16.6. The summed E-state index contributed by atoms with van der Waals surface area (Å²) >= 11 is 0. The number of carbonyl (C=O) groups is 3. The zero-order valence-corrected chi connectivity index (χ0v) is 21.7. The van der Waals surface area contributed by atoms with Crippen molar-refractivity contribution in [3.63, 3.8) is 0 Å². The lowest BCUT2D eigenvalue weighted by molar-refractivity contribution is -0.115. The molecule has 4 aromatic rings. The third-order valence-corrected chi connectivity index (χ3v) is 5.91. The highest BCUT2D eigenvalue weighted by Gasteiger charge is 2.19. The van der Waals surface area contributed by atoms with E-state index in [0.717, 1.165) is 27.7 Å². The van der Waals surface area contributed by atoms with Crippen LogP contribution in [0, 0.1) is 13.8 Å². The van der Waals surface area contributed by atoms with Crippen LogP contribution >= 0.6 is 0 Å². The Labute approximate surface area is 216 Å². The van der Waals surface area contributed by atoms with Gasteiger partial charge in [-0.25, -0.2) is 4.79 Å². The molecule has 0 spiro atoms. The summed E-state index contributed by atoms with van der Waals surface area (Å²) < 4.78 is 7.35. The average Bonchev–Trinajstić information content (AvgIpc) is 3.25. The van der Waals surface area contributed by atoms with Crippen LogP contribution in [-0.4, -0.2) is 28.0 Å². The number of hydrogen-bond donors (Lipinski definition) is 2. The van der Waals surface area contributed by atoms with E-state index >= 15 is 0 Å². The lowest BCUT2D eigenvalue weighted by atomic mass is 10.1. The zero-order valence-electron chi connectivity index (χ0n) is 21.7. The van der Waals surface area contributed by atoms with Crippen LogP contribution in [0.4, 0.5) is 16.2 Å². The van der Waals surface area contributed by atoms with Crippen molar-refractivity contribution in [2.45, 2.75) is 46.6 Å². The van der Waals surface area contributed by atoms with Crippen molar-refractivity contribution < 1.29 is 19.1 Å². The summed E-state index contributed by atoms with van der Waals surface area (Å²) in [5.41, 5.74) is 4.32. The van der Waals surface area contributed by atoms with Crippen LogP contribution in [0.5, 0.6) is 0 Å². The molecule has 7 heteroatoms. The molecule has 0 saturated carbocycles. The van der Waals surface area contributed by atoms with Gasteiger partial charge in [-0.15, -0.1) is 0 Å². The number of rotatable bonds is 6. The van der Waals surface area contributed by atoms with E-state index in [0.29, 0.717) is 16.9 Å². The van der Waals surface area contributed by atoms with Crippen molar-refractivity contribution in [1.29, 1.82) is 0 Å². The Morgan fingerprint density at radius 2 is 1.51 bits per heavy atom. The van der Waals surface area contributed by atoms with Crippen LogP contribution < -0.4 is 10.6 Å². The van der Waals surface area contributed by atoms with Gasteiger partial charge in [-0.3, -0.25) is 14.9 Å². The molecule has 0 aliphatic heterocycles. The summed E-state index contributed by atoms with van der Waals surface area (Å²) in [6, 6.07) is 20.8. The molecule has 2 N–H and O–H groups in total. The fraction of sp³-hybridized carbons (Fsp3) is 0.233. The maximum Gasteiger partial charge on any atom is 0.412 e. The fourth-order valence-corrected chi connectivity index (χ4v) is 4.02. The van der Waals surface area contributed by atoms with Crippen LogP contribution in [0.2, 0.25) is 0 Å². The highest BCUT2D eigenvalue weighted by Crippen LogP contribution is 2.27. The van der Waals surface area contributed by atoms with Gasteiger partial charge in [0.25, 0.3) is 0 Å². The summed E-state index contributed by atoms with van der Waals surface area (Å²) in [4.78, 5) is 38.2. The highest BCUT2D eigenvalue weighted by molar-refractivity contribution is 6.12. The zero-order chi connectivity index (χ0) is 26.7. The number of aromatic nitrogens is 1. The monoisotopic (exact) mass is 497 g/mol. The third kappa shape index (κ3) is 6.25. The molecule has 7 nitrogen and oxygen atoms in total. The van der Waals surface area contributed by atoms with Crippen molar-refractivity contribution in [2.24, 2.45) is 0 Å². The Morgan fingerprint density at radius 3 is 2.22 bits per heavy atom. The van der Waals surface area contributed by atoms with E-state index < -0.39 is 17.6 Å². The van der Waals surface area contributed by atoms with E-state index in [-0.39, 0.29) is 12.2 Å². The van der Waals surface area contributed by atoms with Gasteiger partial charge in [0.2, 0.25) is 5.91 Å². The van der Waals surface area contributed by atoms with E-state index in [1.807, 2.05) is 61.0 Å². The molecular formula is C30H31N3O4. The Hall–Kier alpha value is -4.39. The first kappa shape index (κ1) is 25.7. The predicted molar refractivity (Wildman–Crippen MR) is 147 cm³/mol. The largest absolute Gasteiger partial charge is 0.444 e. The number of benzene rings is 3. The standard InChI is InChI=1S/C30H31N3O4/c1-19-15-24(25(16-20(19)2)32-29(36)37-30(3,4)5)31-28(35)18-27(34)22-10-8-11-23(17-22)33-14-13-21-9-6-7-12-26(21)33/h6-17H,18H2,1-5H3,(H,31,35)(H,32,36). The molecule has 0 bridgehead atoms. The Morgan fingerprint density at radius 1 is 0.838 bits per heavy atom. The van der Waals surface area contributed by atoms with E-state index in [1.165, 1.54) is 0 Å². The number of nitrogens with one attached hydrogen (secondary N) is 2. The Bertz CT molecular complexity index is 1490. The molecule has 0 radical (unpaired) electrons. The number of ketones is 1. The summed E-state index contributed by atoms with van der Waals surface area (Å²) in [6.45, 7) is 9.13. The topological polar surface area (TPSA) is 89.4 Å². The van der Waals surface area contributed by atoms with Crippen LogP contribution in [0.1, 0.15) is 48.7 Å². The van der Waals surface area contributed by atoms with Crippen molar-refractivity contribution in [3.05, 3.63) is 89.6 Å². The first-order valence-electron chi connectivity index (χ1n) is 12.1. The smallest absolute Gasteiger partial charge is 0.412 e. The normalized spacial score (nSPS) is 11.3. The summed E-state index contributed by atoms with van der Waals surface area (Å²) in [5, 5.41) is 6.58. The molecule has 190 valence electrons. The van der Waals surface area contributed by atoms with Gasteiger partial charge in [0.15, 0.2) is 5.78 Å². The van der Waals surface area contributed by atoms with Gasteiger partial charge in [0.1, 0.15) is 5.60 Å². The van der Waals surface area contributed by atoms with Crippen molar-refractivity contribution in [2.75, 3.05) is 10.6 Å². The maximum atomic E-state index is 13.0. The molecule has 0 atom stereocenters. The second-order valence-corrected chi connectivity index (χ2v) is 10.1. The molecule has 0 saturated heterocycles. The van der Waals surface area contributed by atoms with Crippen LogP contribution in [-0.2, 0) is 9.53 Å². The molecule has 4 rings (SSSR count). The molecular weight excluding hydrogens is 466 g/mol. The lowest BCUT2D eigenvalue weighted by Gasteiger charge is -2.21. The Kier molecular flexibility index (Phi) is 7.16. The quantitative estimate of drug-likeness (QED) is 0.226. The first-order chi connectivity index (χ1) is 17.5. The fourth-order valence-electron chi connectivity index (χ4n) is 4.02. The van der Waals surface area contributed by atoms with E-state index in [9.17, 15) is 14.4 Å². The SMILES string of the molecule is Cc1cc(NC(=O)CC(=O)c2cccc(-n3ccc4ccccc43)c2)c(NC(=O)OC(C)(C)C)cc1C. The van der Waals surface area contributed by atoms with Crippen molar-refractivity contribution in [1.82, 2.24) is 4.57 Å². The second kappa shape index (κ2) is 10.3. The van der Waals surface area contributed by atoms with Gasteiger partial charge in [0.05, 0.1) is 23.3 Å². The van der Waals surface area contributed by atoms with Gasteiger partial charge < -0.3 is 14.6 Å². The number of nitrogens with zero attached hydrogens (tertiary/aromatic N) is 1. The minimum Gasteiger partial charge on any atom is -0.444 e. The Balaban J connectivity index is 1.50. The molecule has 0 aliphatic carbocycles. The summed E-state index contributed by atoms with van der Waals surface area (Å²) in [5.74, 6) is -0.779. The molecule has 1 heterocycles. The molecule has 1 aromatic heterocycles. The average molecular weight is 498 g/mol. The molecule has 0 aliphatic rings. The maximum absolute atomic E-state index is 13.0.